The summed E-state index contributed by atoms with van der Waals surface area (Å²) in [6.45, 7) is 5.16. The van der Waals surface area contributed by atoms with E-state index in [1.54, 1.807) is 45.0 Å². The number of fused-ring (bicyclic) bond motifs is 1. The summed E-state index contributed by atoms with van der Waals surface area (Å²) in [5.74, 6) is -1.09. The van der Waals surface area contributed by atoms with E-state index < -0.39 is 23.5 Å². The number of carbonyl (C=O) groups excluding carboxylic acids is 2. The lowest BCUT2D eigenvalue weighted by molar-refractivity contribution is -0.148. The zero-order chi connectivity index (χ0) is 21.1. The van der Waals surface area contributed by atoms with Gasteiger partial charge in [-0.3, -0.25) is 9.36 Å². The van der Waals surface area contributed by atoms with Crippen LogP contribution in [0.25, 0.3) is 10.2 Å². The van der Waals surface area contributed by atoms with Crippen molar-refractivity contribution in [3.63, 3.8) is 0 Å². The van der Waals surface area contributed by atoms with E-state index in [-0.39, 0.29) is 13.2 Å². The Hall–Kier alpha value is -2.71. The molecular weight excluding hydrogens is 416 g/mol. The zero-order valence-corrected chi connectivity index (χ0v) is 17.7. The molecule has 0 saturated heterocycles. The van der Waals surface area contributed by atoms with Crippen LogP contribution < -0.4 is 5.56 Å². The third-order valence-corrected chi connectivity index (χ3v) is 5.97. The molecule has 1 unspecified atom stereocenters. The van der Waals surface area contributed by atoms with E-state index in [1.807, 2.05) is 0 Å². The highest BCUT2D eigenvalue weighted by atomic mass is 35.5. The van der Waals surface area contributed by atoms with Crippen molar-refractivity contribution in [2.45, 2.75) is 33.4 Å². The third kappa shape index (κ3) is 4.18. The minimum atomic E-state index is -0.896. The molecule has 0 aliphatic carbocycles. The summed E-state index contributed by atoms with van der Waals surface area (Å²) in [6.07, 6.45) is 1.29. The molecule has 0 amide bonds. The number of aryl methyl sites for hydroxylation is 1. The number of hydrogen-bond donors (Lipinski definition) is 0. The fraction of sp³-hybridized carbons (Fsp3) is 0.300. The minimum absolute atomic E-state index is 0.00223. The Labute approximate surface area is 175 Å². The van der Waals surface area contributed by atoms with Crippen LogP contribution in [-0.4, -0.2) is 28.1 Å². The van der Waals surface area contributed by atoms with Crippen molar-refractivity contribution in [1.82, 2.24) is 9.55 Å². The van der Waals surface area contributed by atoms with Gasteiger partial charge in [-0.15, -0.1) is 11.3 Å². The molecule has 0 bridgehead atoms. The maximum absolute atomic E-state index is 13.0. The van der Waals surface area contributed by atoms with Gasteiger partial charge in [0.1, 0.15) is 22.4 Å². The first-order valence-corrected chi connectivity index (χ1v) is 10.1. The molecule has 152 valence electrons. The second-order valence-corrected chi connectivity index (χ2v) is 7.70. The quantitative estimate of drug-likeness (QED) is 0.547. The van der Waals surface area contributed by atoms with Crippen LogP contribution in [0.5, 0.6) is 0 Å². The highest BCUT2D eigenvalue weighted by molar-refractivity contribution is 7.20. The molecule has 0 spiro atoms. The number of esters is 2. The predicted octanol–water partition coefficient (Wildman–Crippen LogP) is 3.90. The summed E-state index contributed by atoms with van der Waals surface area (Å²) in [6, 6.07) is 6.14. The van der Waals surface area contributed by atoms with Gasteiger partial charge in [0.05, 0.1) is 18.3 Å². The fourth-order valence-electron chi connectivity index (χ4n) is 2.80. The molecule has 3 aromatic rings. The van der Waals surface area contributed by atoms with Gasteiger partial charge in [0.2, 0.25) is 0 Å². The third-order valence-electron chi connectivity index (χ3n) is 4.42. The lowest BCUT2D eigenvalue weighted by Gasteiger charge is -2.14. The number of halogens is 1. The Balaban J connectivity index is 1.87. The molecule has 0 N–H and O–H groups in total. The standard InChI is InChI=1S/C20H19ClN2O5S/c1-4-27-20(26)16-11(2)15-17(29-16)22-10-23(18(15)24)12(3)19(25)28-9-13-7-5-6-8-14(13)21/h5-8,10,12H,4,9H2,1-3H3. The van der Waals surface area contributed by atoms with Crippen LogP contribution in [0, 0.1) is 6.92 Å². The average molecular weight is 435 g/mol. The average Bonchev–Trinajstić information content (AvgIpc) is 3.04. The number of ether oxygens (including phenoxy) is 2. The molecule has 29 heavy (non-hydrogen) atoms. The normalized spacial score (nSPS) is 12.0. The van der Waals surface area contributed by atoms with Gasteiger partial charge in [0.15, 0.2) is 0 Å². The van der Waals surface area contributed by atoms with Crippen molar-refractivity contribution in [3.05, 3.63) is 62.0 Å². The number of nitrogens with zero attached hydrogens (tertiary/aromatic N) is 2. The van der Waals surface area contributed by atoms with Gasteiger partial charge in [0.25, 0.3) is 5.56 Å². The van der Waals surface area contributed by atoms with E-state index in [9.17, 15) is 14.4 Å². The molecule has 0 aliphatic heterocycles. The summed E-state index contributed by atoms with van der Waals surface area (Å²) in [7, 11) is 0. The minimum Gasteiger partial charge on any atom is -0.462 e. The van der Waals surface area contributed by atoms with Crippen LogP contribution in [0.15, 0.2) is 35.4 Å². The molecule has 1 atom stereocenters. The molecule has 0 radical (unpaired) electrons. The Kier molecular flexibility index (Phi) is 6.34. The molecule has 2 aromatic heterocycles. The molecule has 1 aromatic carbocycles. The van der Waals surface area contributed by atoms with Gasteiger partial charge in [-0.2, -0.15) is 0 Å². The first-order chi connectivity index (χ1) is 13.8. The Bertz CT molecular complexity index is 1140. The smallest absolute Gasteiger partial charge is 0.348 e. The van der Waals surface area contributed by atoms with Gasteiger partial charge in [0, 0.05) is 10.6 Å². The number of carbonyl (C=O) groups is 2. The van der Waals surface area contributed by atoms with Crippen LogP contribution in [0.2, 0.25) is 5.02 Å². The van der Waals surface area contributed by atoms with Gasteiger partial charge < -0.3 is 9.47 Å². The molecule has 3 rings (SSSR count). The van der Waals surface area contributed by atoms with Crippen LogP contribution in [0.1, 0.15) is 40.7 Å². The van der Waals surface area contributed by atoms with E-state index in [4.69, 9.17) is 21.1 Å². The highest BCUT2D eigenvalue weighted by Crippen LogP contribution is 2.28. The van der Waals surface area contributed by atoms with Gasteiger partial charge in [-0.05, 0) is 32.4 Å². The molecule has 9 heteroatoms. The lowest BCUT2D eigenvalue weighted by atomic mass is 10.2. The molecule has 2 heterocycles. The molecule has 0 fully saturated rings. The number of benzene rings is 1. The Morgan fingerprint density at radius 3 is 2.69 bits per heavy atom. The van der Waals surface area contributed by atoms with Crippen LogP contribution in [0.3, 0.4) is 0 Å². The largest absolute Gasteiger partial charge is 0.462 e. The van der Waals surface area contributed by atoms with Crippen molar-refractivity contribution in [2.24, 2.45) is 0 Å². The summed E-state index contributed by atoms with van der Waals surface area (Å²) >= 11 is 7.16. The lowest BCUT2D eigenvalue weighted by Crippen LogP contribution is -2.29. The number of rotatable bonds is 6. The summed E-state index contributed by atoms with van der Waals surface area (Å²) in [5.41, 5.74) is 0.747. The number of hydrogen-bond acceptors (Lipinski definition) is 7. The monoisotopic (exact) mass is 434 g/mol. The van der Waals surface area contributed by atoms with E-state index >= 15 is 0 Å². The topological polar surface area (TPSA) is 87.5 Å². The summed E-state index contributed by atoms with van der Waals surface area (Å²) in [4.78, 5) is 42.5. The van der Waals surface area contributed by atoms with Crippen LogP contribution in [0.4, 0.5) is 0 Å². The summed E-state index contributed by atoms with van der Waals surface area (Å²) in [5, 5.41) is 0.792. The van der Waals surface area contributed by atoms with Crippen LogP contribution >= 0.6 is 22.9 Å². The van der Waals surface area contributed by atoms with Crippen molar-refractivity contribution in [1.29, 1.82) is 0 Å². The Morgan fingerprint density at radius 2 is 2.00 bits per heavy atom. The van der Waals surface area contributed by atoms with Crippen molar-refractivity contribution in [3.8, 4) is 0 Å². The van der Waals surface area contributed by atoms with Crippen molar-refractivity contribution >= 4 is 45.1 Å². The SMILES string of the molecule is CCOC(=O)c1sc2ncn(C(C)C(=O)OCc3ccccc3Cl)c(=O)c2c1C. The van der Waals surface area contributed by atoms with Crippen LogP contribution in [-0.2, 0) is 20.9 Å². The van der Waals surface area contributed by atoms with E-state index in [1.165, 1.54) is 10.9 Å². The predicted molar refractivity (Wildman–Crippen MR) is 111 cm³/mol. The van der Waals surface area contributed by atoms with Crippen molar-refractivity contribution in [2.75, 3.05) is 6.61 Å². The maximum atomic E-state index is 13.0. The number of aromatic nitrogens is 2. The van der Waals surface area contributed by atoms with Gasteiger partial charge in [-0.25, -0.2) is 14.6 Å². The molecule has 7 nitrogen and oxygen atoms in total. The van der Waals surface area contributed by atoms with E-state index in [0.29, 0.717) is 31.2 Å². The highest BCUT2D eigenvalue weighted by Gasteiger charge is 2.24. The van der Waals surface area contributed by atoms with Gasteiger partial charge in [-0.1, -0.05) is 29.8 Å². The molecule has 0 aliphatic rings. The van der Waals surface area contributed by atoms with E-state index in [0.717, 1.165) is 11.3 Å². The summed E-state index contributed by atoms with van der Waals surface area (Å²) < 4.78 is 11.5. The maximum Gasteiger partial charge on any atom is 0.348 e. The first-order valence-electron chi connectivity index (χ1n) is 8.92. The second kappa shape index (κ2) is 8.75. The zero-order valence-electron chi connectivity index (χ0n) is 16.1. The second-order valence-electron chi connectivity index (χ2n) is 6.29. The van der Waals surface area contributed by atoms with Gasteiger partial charge >= 0.3 is 11.9 Å². The number of thiophene rings is 1. The van der Waals surface area contributed by atoms with Crippen molar-refractivity contribution < 1.29 is 19.1 Å². The first kappa shape index (κ1) is 21.0. The molecular formula is C20H19ClN2O5S. The Morgan fingerprint density at radius 1 is 1.28 bits per heavy atom. The fourth-order valence-corrected chi connectivity index (χ4v) is 4.03. The molecule has 0 saturated carbocycles. The van der Waals surface area contributed by atoms with E-state index in [2.05, 4.69) is 4.98 Å².